The lowest BCUT2D eigenvalue weighted by molar-refractivity contribution is 0.372. The Morgan fingerprint density at radius 1 is 1.30 bits per heavy atom. The third-order valence-corrected chi connectivity index (χ3v) is 2.79. The number of methoxy groups -OCH3 is 1. The van der Waals surface area contributed by atoms with Gasteiger partial charge in [-0.1, -0.05) is 6.92 Å². The van der Waals surface area contributed by atoms with Gasteiger partial charge in [0.2, 0.25) is 5.88 Å². The maximum absolute atomic E-state index is 8.87. The van der Waals surface area contributed by atoms with Crippen molar-refractivity contribution in [3.8, 4) is 23.4 Å². The lowest BCUT2D eigenvalue weighted by atomic mass is 10.2. The van der Waals surface area contributed by atoms with Gasteiger partial charge in [0.25, 0.3) is 0 Å². The zero-order chi connectivity index (χ0) is 14.5. The maximum Gasteiger partial charge on any atom is 0.227 e. The molecule has 0 aliphatic rings. The van der Waals surface area contributed by atoms with E-state index in [-0.39, 0.29) is 0 Å². The number of nitrogens with two attached hydrogens (primary N) is 1. The topological polar surface area (TPSA) is 94.0 Å². The van der Waals surface area contributed by atoms with Crippen molar-refractivity contribution in [3.05, 3.63) is 35.7 Å². The minimum atomic E-state index is 0.392. The van der Waals surface area contributed by atoms with Crippen molar-refractivity contribution in [1.29, 1.82) is 5.26 Å². The van der Waals surface area contributed by atoms with Crippen LogP contribution in [0, 0.1) is 11.3 Å². The molecule has 0 bridgehead atoms. The Morgan fingerprint density at radius 2 is 2.10 bits per heavy atom. The van der Waals surface area contributed by atoms with E-state index in [1.807, 2.05) is 13.0 Å². The van der Waals surface area contributed by atoms with Gasteiger partial charge in [0.1, 0.15) is 12.1 Å². The summed E-state index contributed by atoms with van der Waals surface area (Å²) < 4.78 is 11.0. The number of nitrogens with zero attached hydrogens (tertiary/aromatic N) is 3. The van der Waals surface area contributed by atoms with E-state index < -0.39 is 0 Å². The van der Waals surface area contributed by atoms with Crippen LogP contribution in [0.2, 0.25) is 0 Å². The SMILES string of the molecule is CCc1c(N)ncnc1Oc1ccc(C#N)cc1OC. The van der Waals surface area contributed by atoms with Crippen LogP contribution in [0.5, 0.6) is 17.4 Å². The van der Waals surface area contributed by atoms with E-state index in [2.05, 4.69) is 9.97 Å². The van der Waals surface area contributed by atoms with Crippen molar-refractivity contribution < 1.29 is 9.47 Å². The van der Waals surface area contributed by atoms with Crippen molar-refractivity contribution in [3.63, 3.8) is 0 Å². The van der Waals surface area contributed by atoms with Gasteiger partial charge in [0.05, 0.1) is 24.3 Å². The molecule has 0 spiro atoms. The molecule has 0 saturated heterocycles. The minimum absolute atomic E-state index is 0.392. The summed E-state index contributed by atoms with van der Waals surface area (Å²) in [4.78, 5) is 8.02. The van der Waals surface area contributed by atoms with Crippen LogP contribution in [0.25, 0.3) is 0 Å². The molecular formula is C14H14N4O2. The van der Waals surface area contributed by atoms with E-state index in [0.717, 1.165) is 5.56 Å². The summed E-state index contributed by atoms with van der Waals surface area (Å²) in [6.45, 7) is 1.94. The Kier molecular flexibility index (Phi) is 4.01. The number of anilines is 1. The number of nitriles is 1. The van der Waals surface area contributed by atoms with Crippen LogP contribution < -0.4 is 15.2 Å². The number of rotatable bonds is 4. The fraction of sp³-hybridized carbons (Fsp3) is 0.214. The summed E-state index contributed by atoms with van der Waals surface area (Å²) in [5.74, 6) is 1.72. The first-order valence-corrected chi connectivity index (χ1v) is 6.05. The van der Waals surface area contributed by atoms with Gasteiger partial charge in [0, 0.05) is 6.07 Å². The van der Waals surface area contributed by atoms with Gasteiger partial charge >= 0.3 is 0 Å². The predicted molar refractivity (Wildman–Crippen MR) is 73.6 cm³/mol. The fourth-order valence-corrected chi connectivity index (χ4v) is 1.75. The first-order chi connectivity index (χ1) is 9.69. The third-order valence-electron chi connectivity index (χ3n) is 2.79. The van der Waals surface area contributed by atoms with Crippen LogP contribution in [0.15, 0.2) is 24.5 Å². The molecule has 0 radical (unpaired) electrons. The molecule has 2 aromatic rings. The van der Waals surface area contributed by atoms with Gasteiger partial charge in [0.15, 0.2) is 11.5 Å². The van der Waals surface area contributed by atoms with Crippen LogP contribution >= 0.6 is 0 Å². The van der Waals surface area contributed by atoms with E-state index >= 15 is 0 Å². The minimum Gasteiger partial charge on any atom is -0.493 e. The maximum atomic E-state index is 8.87. The molecular weight excluding hydrogens is 256 g/mol. The van der Waals surface area contributed by atoms with Crippen LogP contribution in [-0.4, -0.2) is 17.1 Å². The Balaban J connectivity index is 2.40. The molecule has 0 fully saturated rings. The average molecular weight is 270 g/mol. The molecule has 0 aliphatic carbocycles. The van der Waals surface area contributed by atoms with Crippen LogP contribution in [0.3, 0.4) is 0 Å². The molecule has 2 rings (SSSR count). The Labute approximate surface area is 116 Å². The Bertz CT molecular complexity index is 665. The standard InChI is InChI=1S/C14H14N4O2/c1-3-10-13(16)17-8-18-14(10)20-11-5-4-9(7-15)6-12(11)19-2/h4-6,8H,3H2,1-2H3,(H2,16,17,18). The van der Waals surface area contributed by atoms with Gasteiger partial charge in [-0.2, -0.15) is 5.26 Å². The molecule has 1 aromatic carbocycles. The molecule has 0 atom stereocenters. The van der Waals surface area contributed by atoms with Crippen molar-refractivity contribution in [2.45, 2.75) is 13.3 Å². The van der Waals surface area contributed by atoms with Gasteiger partial charge in [-0.25, -0.2) is 9.97 Å². The smallest absolute Gasteiger partial charge is 0.227 e. The Morgan fingerprint density at radius 3 is 2.75 bits per heavy atom. The van der Waals surface area contributed by atoms with E-state index in [1.54, 1.807) is 18.2 Å². The second kappa shape index (κ2) is 5.89. The summed E-state index contributed by atoms with van der Waals surface area (Å²) in [7, 11) is 1.51. The third kappa shape index (κ3) is 2.62. The molecule has 2 N–H and O–H groups in total. The highest BCUT2D eigenvalue weighted by Gasteiger charge is 2.13. The summed E-state index contributed by atoms with van der Waals surface area (Å²) in [5, 5.41) is 8.87. The molecule has 0 unspecified atom stereocenters. The highest BCUT2D eigenvalue weighted by molar-refractivity contribution is 5.51. The number of nitrogen functional groups attached to an aromatic ring is 1. The fourth-order valence-electron chi connectivity index (χ4n) is 1.75. The summed E-state index contributed by atoms with van der Waals surface area (Å²) in [6.07, 6.45) is 2.00. The van der Waals surface area contributed by atoms with Crippen LogP contribution in [-0.2, 0) is 6.42 Å². The molecule has 6 nitrogen and oxygen atoms in total. The van der Waals surface area contributed by atoms with Gasteiger partial charge < -0.3 is 15.2 Å². The molecule has 6 heteroatoms. The monoisotopic (exact) mass is 270 g/mol. The number of aromatic nitrogens is 2. The summed E-state index contributed by atoms with van der Waals surface area (Å²) in [5.41, 5.74) is 7.02. The van der Waals surface area contributed by atoms with E-state index in [9.17, 15) is 0 Å². The number of hydrogen-bond acceptors (Lipinski definition) is 6. The second-order valence-electron chi connectivity index (χ2n) is 3.98. The molecule has 1 aromatic heterocycles. The van der Waals surface area contributed by atoms with Crippen molar-refractivity contribution in [2.24, 2.45) is 0 Å². The lowest BCUT2D eigenvalue weighted by Gasteiger charge is -2.12. The van der Waals surface area contributed by atoms with Crippen molar-refractivity contribution in [2.75, 3.05) is 12.8 Å². The van der Waals surface area contributed by atoms with E-state index in [1.165, 1.54) is 13.4 Å². The van der Waals surface area contributed by atoms with Crippen LogP contribution in [0.4, 0.5) is 5.82 Å². The average Bonchev–Trinajstić information content (AvgIpc) is 2.48. The molecule has 102 valence electrons. The van der Waals surface area contributed by atoms with Crippen LogP contribution in [0.1, 0.15) is 18.1 Å². The van der Waals surface area contributed by atoms with Gasteiger partial charge in [-0.3, -0.25) is 0 Å². The van der Waals surface area contributed by atoms with Gasteiger partial charge in [-0.15, -0.1) is 0 Å². The normalized spacial score (nSPS) is 9.85. The quantitative estimate of drug-likeness (QED) is 0.916. The molecule has 20 heavy (non-hydrogen) atoms. The highest BCUT2D eigenvalue weighted by Crippen LogP contribution is 2.33. The predicted octanol–water partition coefficient (Wildman–Crippen LogP) is 2.29. The number of hydrogen-bond donors (Lipinski definition) is 1. The molecule has 1 heterocycles. The molecule has 0 aliphatic heterocycles. The molecule has 0 saturated carbocycles. The summed E-state index contributed by atoms with van der Waals surface area (Å²) in [6, 6.07) is 6.95. The Hall–Kier alpha value is -2.81. The van der Waals surface area contributed by atoms with Crippen molar-refractivity contribution in [1.82, 2.24) is 9.97 Å². The zero-order valence-electron chi connectivity index (χ0n) is 11.3. The first-order valence-electron chi connectivity index (χ1n) is 6.05. The van der Waals surface area contributed by atoms with Gasteiger partial charge in [-0.05, 0) is 18.6 Å². The van der Waals surface area contributed by atoms with Crippen molar-refractivity contribution >= 4 is 5.82 Å². The van der Waals surface area contributed by atoms with E-state index in [4.69, 9.17) is 20.5 Å². The first kappa shape index (κ1) is 13.6. The number of ether oxygens (including phenoxy) is 2. The second-order valence-corrected chi connectivity index (χ2v) is 3.98. The highest BCUT2D eigenvalue weighted by atomic mass is 16.5. The lowest BCUT2D eigenvalue weighted by Crippen LogP contribution is -2.02. The number of benzene rings is 1. The van der Waals surface area contributed by atoms with E-state index in [0.29, 0.717) is 35.2 Å². The molecule has 0 amide bonds. The zero-order valence-corrected chi connectivity index (χ0v) is 11.3. The summed E-state index contributed by atoms with van der Waals surface area (Å²) >= 11 is 0. The largest absolute Gasteiger partial charge is 0.493 e.